The summed E-state index contributed by atoms with van der Waals surface area (Å²) >= 11 is 12.4. The molecule has 2 rings (SSSR count). The topological polar surface area (TPSA) is 47.6 Å². The van der Waals surface area contributed by atoms with Crippen molar-refractivity contribution in [3.05, 3.63) is 33.8 Å². The lowest BCUT2D eigenvalue weighted by atomic mass is 9.73. The lowest BCUT2D eigenvalue weighted by Gasteiger charge is -2.37. The largest absolute Gasteiger partial charge is 0.385 e. The summed E-state index contributed by atoms with van der Waals surface area (Å²) in [6.45, 7) is 3.67. The third-order valence-electron chi connectivity index (χ3n) is 4.36. The van der Waals surface area contributed by atoms with Crippen LogP contribution in [0.4, 0.5) is 0 Å². The van der Waals surface area contributed by atoms with E-state index in [9.17, 15) is 4.79 Å². The van der Waals surface area contributed by atoms with Crippen molar-refractivity contribution in [2.75, 3.05) is 26.9 Å². The lowest BCUT2D eigenvalue weighted by Crippen LogP contribution is -2.50. The van der Waals surface area contributed by atoms with Crippen molar-refractivity contribution in [3.63, 3.8) is 0 Å². The van der Waals surface area contributed by atoms with Crippen LogP contribution in [0.1, 0.15) is 31.7 Å². The molecular formula is C17H23Cl2NO3. The number of carbonyl (C=O) groups excluding carboxylic acids is 1. The van der Waals surface area contributed by atoms with Crippen molar-refractivity contribution in [2.45, 2.75) is 37.6 Å². The Balaban J connectivity index is 2.26. The Morgan fingerprint density at radius 3 is 2.70 bits per heavy atom. The molecular weight excluding hydrogens is 337 g/mol. The van der Waals surface area contributed by atoms with E-state index >= 15 is 0 Å². The molecule has 1 fully saturated rings. The van der Waals surface area contributed by atoms with Gasteiger partial charge in [-0.3, -0.25) is 4.79 Å². The van der Waals surface area contributed by atoms with Gasteiger partial charge in [0.05, 0.1) is 5.41 Å². The van der Waals surface area contributed by atoms with Crippen molar-refractivity contribution in [3.8, 4) is 0 Å². The van der Waals surface area contributed by atoms with Crippen molar-refractivity contribution < 1.29 is 14.3 Å². The van der Waals surface area contributed by atoms with Gasteiger partial charge in [0.25, 0.3) is 0 Å². The van der Waals surface area contributed by atoms with Gasteiger partial charge in [-0.2, -0.15) is 0 Å². The van der Waals surface area contributed by atoms with E-state index in [2.05, 4.69) is 5.32 Å². The van der Waals surface area contributed by atoms with Gasteiger partial charge in [-0.05, 0) is 43.9 Å². The van der Waals surface area contributed by atoms with Gasteiger partial charge in [0, 0.05) is 43.0 Å². The molecule has 0 radical (unpaired) electrons. The Morgan fingerprint density at radius 1 is 1.39 bits per heavy atom. The smallest absolute Gasteiger partial charge is 0.231 e. The van der Waals surface area contributed by atoms with Gasteiger partial charge in [0.15, 0.2) is 0 Å². The predicted molar refractivity (Wildman–Crippen MR) is 92.3 cm³/mol. The number of hydrogen-bond donors (Lipinski definition) is 1. The SMILES string of the molecule is COCCC(C)NC(=O)C1(c2ccc(Cl)cc2Cl)CCOCC1. The fourth-order valence-corrected chi connectivity index (χ4v) is 3.53. The van der Waals surface area contributed by atoms with Gasteiger partial charge in [-0.25, -0.2) is 0 Å². The maximum absolute atomic E-state index is 13.0. The molecule has 4 nitrogen and oxygen atoms in total. The molecule has 1 atom stereocenters. The van der Waals surface area contributed by atoms with E-state index in [4.69, 9.17) is 32.7 Å². The van der Waals surface area contributed by atoms with Gasteiger partial charge in [0.1, 0.15) is 0 Å². The zero-order valence-electron chi connectivity index (χ0n) is 13.5. The van der Waals surface area contributed by atoms with E-state index in [-0.39, 0.29) is 11.9 Å². The molecule has 0 aromatic heterocycles. The first kappa shape index (κ1) is 18.5. The molecule has 1 aromatic rings. The lowest BCUT2D eigenvalue weighted by molar-refractivity contribution is -0.131. The van der Waals surface area contributed by atoms with Crippen LogP contribution in [0.3, 0.4) is 0 Å². The number of benzene rings is 1. The summed E-state index contributed by atoms with van der Waals surface area (Å²) in [5.74, 6) is -0.00590. The number of nitrogens with one attached hydrogen (secondary N) is 1. The summed E-state index contributed by atoms with van der Waals surface area (Å²) in [4.78, 5) is 13.0. The van der Waals surface area contributed by atoms with E-state index in [1.807, 2.05) is 13.0 Å². The Hall–Kier alpha value is -0.810. The third kappa shape index (κ3) is 4.38. The average molecular weight is 360 g/mol. The maximum Gasteiger partial charge on any atom is 0.231 e. The number of rotatable bonds is 6. The van der Waals surface area contributed by atoms with Crippen LogP contribution in [0.15, 0.2) is 18.2 Å². The van der Waals surface area contributed by atoms with E-state index in [0.29, 0.717) is 42.7 Å². The highest BCUT2D eigenvalue weighted by molar-refractivity contribution is 6.35. The molecule has 1 amide bonds. The fraction of sp³-hybridized carbons (Fsp3) is 0.588. The molecule has 1 aromatic carbocycles. The Morgan fingerprint density at radius 2 is 2.09 bits per heavy atom. The standard InChI is InChI=1S/C17H23Cl2NO3/c1-12(5-8-22-2)20-16(21)17(6-9-23-10-7-17)14-4-3-13(18)11-15(14)19/h3-4,11-12H,5-10H2,1-2H3,(H,20,21). The van der Waals surface area contributed by atoms with Gasteiger partial charge in [-0.1, -0.05) is 29.3 Å². The zero-order chi connectivity index (χ0) is 16.9. The maximum atomic E-state index is 13.0. The normalized spacial score (nSPS) is 18.4. The molecule has 1 aliphatic heterocycles. The molecule has 0 spiro atoms. The molecule has 0 saturated carbocycles. The quantitative estimate of drug-likeness (QED) is 0.844. The minimum absolute atomic E-state index is 0.00590. The van der Waals surface area contributed by atoms with Crippen LogP contribution in [0.25, 0.3) is 0 Å². The van der Waals surface area contributed by atoms with Crippen molar-refractivity contribution in [1.82, 2.24) is 5.32 Å². The van der Waals surface area contributed by atoms with Crippen LogP contribution in [0.5, 0.6) is 0 Å². The van der Waals surface area contributed by atoms with E-state index in [1.54, 1.807) is 19.2 Å². The van der Waals surface area contributed by atoms with Crippen molar-refractivity contribution in [2.24, 2.45) is 0 Å². The molecule has 6 heteroatoms. The van der Waals surface area contributed by atoms with Crippen LogP contribution >= 0.6 is 23.2 Å². The highest BCUT2D eigenvalue weighted by Crippen LogP contribution is 2.40. The summed E-state index contributed by atoms with van der Waals surface area (Å²) in [6, 6.07) is 5.36. The Kier molecular flexibility index (Phi) is 6.72. The minimum Gasteiger partial charge on any atom is -0.385 e. The van der Waals surface area contributed by atoms with Crippen LogP contribution in [0, 0.1) is 0 Å². The Bertz CT molecular complexity index is 545. The molecule has 1 N–H and O–H groups in total. The number of ether oxygens (including phenoxy) is 2. The zero-order valence-corrected chi connectivity index (χ0v) is 15.0. The second kappa shape index (κ2) is 8.34. The van der Waals surface area contributed by atoms with Crippen molar-refractivity contribution >= 4 is 29.1 Å². The minimum atomic E-state index is -0.665. The molecule has 1 aliphatic rings. The number of methoxy groups -OCH3 is 1. The highest BCUT2D eigenvalue weighted by atomic mass is 35.5. The molecule has 0 aliphatic carbocycles. The molecule has 0 bridgehead atoms. The van der Waals surface area contributed by atoms with Gasteiger partial charge in [-0.15, -0.1) is 0 Å². The molecule has 128 valence electrons. The van der Waals surface area contributed by atoms with Gasteiger partial charge in [0.2, 0.25) is 5.91 Å². The van der Waals surface area contributed by atoms with Crippen molar-refractivity contribution in [1.29, 1.82) is 0 Å². The molecule has 1 unspecified atom stereocenters. The van der Waals surface area contributed by atoms with Crippen LogP contribution in [-0.2, 0) is 19.7 Å². The second-order valence-corrected chi connectivity index (χ2v) is 6.82. The van der Waals surface area contributed by atoms with Gasteiger partial charge < -0.3 is 14.8 Å². The van der Waals surface area contributed by atoms with Gasteiger partial charge >= 0.3 is 0 Å². The summed E-state index contributed by atoms with van der Waals surface area (Å²) < 4.78 is 10.5. The number of hydrogen-bond acceptors (Lipinski definition) is 3. The molecule has 1 saturated heterocycles. The fourth-order valence-electron chi connectivity index (χ4n) is 2.94. The average Bonchev–Trinajstić information content (AvgIpc) is 2.53. The van der Waals surface area contributed by atoms with E-state index < -0.39 is 5.41 Å². The summed E-state index contributed by atoms with van der Waals surface area (Å²) in [7, 11) is 1.65. The highest BCUT2D eigenvalue weighted by Gasteiger charge is 2.43. The van der Waals surface area contributed by atoms with Crippen LogP contribution in [0.2, 0.25) is 10.0 Å². The first-order valence-corrected chi connectivity index (χ1v) is 8.58. The number of halogens is 2. The Labute approximate surface area is 147 Å². The summed E-state index contributed by atoms with van der Waals surface area (Å²) in [5.41, 5.74) is 0.157. The summed E-state index contributed by atoms with van der Waals surface area (Å²) in [5, 5.41) is 4.19. The molecule has 1 heterocycles. The first-order valence-electron chi connectivity index (χ1n) is 7.83. The monoisotopic (exact) mass is 359 g/mol. The number of amides is 1. The number of carbonyl (C=O) groups is 1. The third-order valence-corrected chi connectivity index (χ3v) is 4.91. The predicted octanol–water partition coefficient (Wildman–Crippen LogP) is 3.58. The summed E-state index contributed by atoms with van der Waals surface area (Å²) in [6.07, 6.45) is 1.98. The second-order valence-electron chi connectivity index (χ2n) is 5.97. The first-order chi connectivity index (χ1) is 11.0. The van der Waals surface area contributed by atoms with E-state index in [1.165, 1.54) is 0 Å². The van der Waals surface area contributed by atoms with Crippen LogP contribution in [-0.4, -0.2) is 38.9 Å². The van der Waals surface area contributed by atoms with E-state index in [0.717, 1.165) is 12.0 Å². The van der Waals surface area contributed by atoms with Crippen LogP contribution < -0.4 is 5.32 Å². The molecule has 23 heavy (non-hydrogen) atoms.